The number of nitrogens with zero attached hydrogens (tertiary/aromatic N) is 3. The molecule has 0 amide bonds. The molecule has 1 aliphatic rings. The van der Waals surface area contributed by atoms with E-state index >= 15 is 0 Å². The predicted molar refractivity (Wildman–Crippen MR) is 61.2 cm³/mol. The summed E-state index contributed by atoms with van der Waals surface area (Å²) in [6, 6.07) is 5.93. The van der Waals surface area contributed by atoms with Gasteiger partial charge >= 0.3 is 0 Å². The minimum Gasteiger partial charge on any atom is -0.251 e. The van der Waals surface area contributed by atoms with Gasteiger partial charge in [0.15, 0.2) is 0 Å². The number of rotatable bonds is 3. The molecule has 1 aromatic heterocycles. The molecule has 1 N–H and O–H groups in total. The number of hydrogen-bond donors (Lipinski definition) is 1. The first-order valence-corrected chi connectivity index (χ1v) is 5.72. The number of pyridine rings is 1. The van der Waals surface area contributed by atoms with Crippen molar-refractivity contribution in [2.24, 2.45) is 0 Å². The van der Waals surface area contributed by atoms with Gasteiger partial charge in [0.2, 0.25) is 0 Å². The normalized spacial score (nSPS) is 16.9. The van der Waals surface area contributed by atoms with Crippen LogP contribution in [0.3, 0.4) is 0 Å². The minimum atomic E-state index is 0.520. The molecule has 0 aromatic carbocycles. The summed E-state index contributed by atoms with van der Waals surface area (Å²) in [6.45, 7) is 2.89. The van der Waals surface area contributed by atoms with Crippen molar-refractivity contribution in [1.29, 1.82) is 5.26 Å². The van der Waals surface area contributed by atoms with E-state index in [1.807, 2.05) is 12.1 Å². The van der Waals surface area contributed by atoms with Crippen molar-refractivity contribution in [2.45, 2.75) is 25.8 Å². The van der Waals surface area contributed by atoms with Crippen molar-refractivity contribution in [3.8, 4) is 6.07 Å². The molecular weight excluding hydrogens is 200 g/mol. The van der Waals surface area contributed by atoms with Crippen LogP contribution in [0.5, 0.6) is 0 Å². The summed E-state index contributed by atoms with van der Waals surface area (Å²) in [5.74, 6) is 0. The summed E-state index contributed by atoms with van der Waals surface area (Å²) in [7, 11) is 0. The zero-order valence-corrected chi connectivity index (χ0v) is 9.32. The van der Waals surface area contributed by atoms with Crippen LogP contribution in [-0.4, -0.2) is 23.1 Å². The molecule has 1 aliphatic heterocycles. The first-order valence-electron chi connectivity index (χ1n) is 5.72. The quantitative estimate of drug-likeness (QED) is 0.830. The Balaban J connectivity index is 1.91. The van der Waals surface area contributed by atoms with Gasteiger partial charge < -0.3 is 0 Å². The maximum absolute atomic E-state index is 8.90. The molecule has 0 atom stereocenters. The molecule has 1 aromatic rings. The van der Waals surface area contributed by atoms with Crippen molar-refractivity contribution >= 4 is 0 Å². The van der Waals surface area contributed by atoms with Crippen molar-refractivity contribution in [3.05, 3.63) is 29.6 Å². The zero-order valence-electron chi connectivity index (χ0n) is 9.32. The second kappa shape index (κ2) is 5.59. The molecule has 4 heteroatoms. The monoisotopic (exact) mass is 216 g/mol. The van der Waals surface area contributed by atoms with E-state index in [1.54, 1.807) is 6.20 Å². The van der Waals surface area contributed by atoms with E-state index in [-0.39, 0.29) is 0 Å². The molecule has 0 aliphatic carbocycles. The minimum absolute atomic E-state index is 0.520. The molecule has 1 fully saturated rings. The lowest BCUT2D eigenvalue weighted by molar-refractivity contribution is 0.151. The number of aromatic nitrogens is 1. The topological polar surface area (TPSA) is 52.0 Å². The summed E-state index contributed by atoms with van der Waals surface area (Å²) in [4.78, 5) is 4.04. The van der Waals surface area contributed by atoms with Gasteiger partial charge in [0.1, 0.15) is 11.8 Å². The second-order valence-electron chi connectivity index (χ2n) is 4.01. The van der Waals surface area contributed by atoms with Crippen LogP contribution in [-0.2, 0) is 6.54 Å². The van der Waals surface area contributed by atoms with Gasteiger partial charge in [-0.05, 0) is 18.9 Å². The number of hydrazine groups is 1. The Morgan fingerprint density at radius 3 is 2.94 bits per heavy atom. The molecule has 1 saturated heterocycles. The molecule has 0 spiro atoms. The van der Waals surface area contributed by atoms with Gasteiger partial charge in [-0.1, -0.05) is 12.5 Å². The van der Waals surface area contributed by atoms with Gasteiger partial charge in [-0.2, -0.15) is 5.26 Å². The summed E-state index contributed by atoms with van der Waals surface area (Å²) in [5.41, 5.74) is 4.84. The molecule has 2 rings (SSSR count). The van der Waals surface area contributed by atoms with E-state index in [4.69, 9.17) is 5.26 Å². The van der Waals surface area contributed by atoms with Gasteiger partial charge in [0.05, 0.1) is 0 Å². The highest BCUT2D eigenvalue weighted by Gasteiger charge is 2.10. The fraction of sp³-hybridized carbons (Fsp3) is 0.500. The Kier molecular flexibility index (Phi) is 3.86. The lowest BCUT2D eigenvalue weighted by atomic mass is 10.1. The van der Waals surface area contributed by atoms with Crippen LogP contribution in [0, 0.1) is 11.3 Å². The zero-order chi connectivity index (χ0) is 11.2. The van der Waals surface area contributed by atoms with Gasteiger partial charge in [-0.3, -0.25) is 5.43 Å². The third-order valence-electron chi connectivity index (χ3n) is 2.85. The highest BCUT2D eigenvalue weighted by Crippen LogP contribution is 2.08. The summed E-state index contributed by atoms with van der Waals surface area (Å²) in [6.07, 6.45) is 5.49. The van der Waals surface area contributed by atoms with E-state index in [0.29, 0.717) is 12.2 Å². The molecular formula is C12H16N4. The Bertz CT molecular complexity index is 377. The molecule has 2 heterocycles. The summed E-state index contributed by atoms with van der Waals surface area (Å²) >= 11 is 0. The van der Waals surface area contributed by atoms with Gasteiger partial charge in [-0.25, -0.2) is 9.99 Å². The summed E-state index contributed by atoms with van der Waals surface area (Å²) in [5, 5.41) is 11.1. The van der Waals surface area contributed by atoms with Crippen LogP contribution in [0.15, 0.2) is 18.3 Å². The number of hydrogen-bond acceptors (Lipinski definition) is 4. The van der Waals surface area contributed by atoms with Crippen molar-refractivity contribution < 1.29 is 0 Å². The lowest BCUT2D eigenvalue weighted by Gasteiger charge is -2.27. The van der Waals surface area contributed by atoms with Crippen molar-refractivity contribution in [3.63, 3.8) is 0 Å². The Morgan fingerprint density at radius 2 is 2.19 bits per heavy atom. The van der Waals surface area contributed by atoms with Crippen LogP contribution in [0.2, 0.25) is 0 Å². The largest absolute Gasteiger partial charge is 0.251 e. The van der Waals surface area contributed by atoms with Crippen LogP contribution >= 0.6 is 0 Å². The van der Waals surface area contributed by atoms with E-state index in [2.05, 4.69) is 21.5 Å². The van der Waals surface area contributed by atoms with E-state index in [9.17, 15) is 0 Å². The Morgan fingerprint density at radius 1 is 1.38 bits per heavy atom. The molecule has 0 saturated carbocycles. The number of nitrogens with one attached hydrogen (secondary N) is 1. The van der Waals surface area contributed by atoms with Crippen LogP contribution in [0.1, 0.15) is 30.5 Å². The Hall–Kier alpha value is -1.44. The molecule has 84 valence electrons. The molecule has 0 bridgehead atoms. The molecule has 0 radical (unpaired) electrons. The highest BCUT2D eigenvalue weighted by molar-refractivity contribution is 5.30. The van der Waals surface area contributed by atoms with Crippen LogP contribution in [0.25, 0.3) is 0 Å². The molecule has 4 nitrogen and oxygen atoms in total. The van der Waals surface area contributed by atoms with Gasteiger partial charge in [0.25, 0.3) is 0 Å². The highest BCUT2D eigenvalue weighted by atomic mass is 15.5. The maximum atomic E-state index is 8.90. The third-order valence-corrected chi connectivity index (χ3v) is 2.85. The first kappa shape index (κ1) is 11.1. The van der Waals surface area contributed by atoms with E-state index < -0.39 is 0 Å². The second-order valence-corrected chi connectivity index (χ2v) is 4.01. The van der Waals surface area contributed by atoms with E-state index in [0.717, 1.165) is 18.7 Å². The van der Waals surface area contributed by atoms with Crippen LogP contribution in [0.4, 0.5) is 0 Å². The average Bonchev–Trinajstić information content (AvgIpc) is 2.38. The molecule has 16 heavy (non-hydrogen) atoms. The fourth-order valence-corrected chi connectivity index (χ4v) is 1.93. The smallest absolute Gasteiger partial charge is 0.144 e. The third kappa shape index (κ3) is 2.78. The molecule has 0 unspecified atom stereocenters. The van der Waals surface area contributed by atoms with Gasteiger partial charge in [0, 0.05) is 31.4 Å². The lowest BCUT2D eigenvalue weighted by Crippen LogP contribution is -2.41. The Labute approximate surface area is 95.9 Å². The first-order chi connectivity index (χ1) is 7.90. The summed E-state index contributed by atoms with van der Waals surface area (Å²) < 4.78 is 0. The predicted octanol–water partition coefficient (Wildman–Crippen LogP) is 1.44. The van der Waals surface area contributed by atoms with Gasteiger partial charge in [-0.15, -0.1) is 0 Å². The van der Waals surface area contributed by atoms with Crippen LogP contribution < -0.4 is 5.43 Å². The van der Waals surface area contributed by atoms with E-state index in [1.165, 1.54) is 19.3 Å². The fourth-order valence-electron chi connectivity index (χ4n) is 1.93. The standard InChI is InChI=1S/C12H16N4/c13-9-12-11(5-4-6-14-12)10-15-16-7-2-1-3-8-16/h4-6,15H,1-3,7-8,10H2. The van der Waals surface area contributed by atoms with Crippen molar-refractivity contribution in [2.75, 3.05) is 13.1 Å². The maximum Gasteiger partial charge on any atom is 0.144 e. The average molecular weight is 216 g/mol. The SMILES string of the molecule is N#Cc1ncccc1CNN1CCCCC1. The van der Waals surface area contributed by atoms with Crippen molar-refractivity contribution in [1.82, 2.24) is 15.4 Å². The number of piperidine rings is 1. The number of nitriles is 1.